The molecule has 6 nitrogen and oxygen atoms in total. The van der Waals surface area contributed by atoms with Crippen molar-refractivity contribution >= 4 is 0 Å². The average Bonchev–Trinajstić information content (AvgIpc) is 1.93. The van der Waals surface area contributed by atoms with Gasteiger partial charge in [-0.15, -0.1) is 0 Å². The molecule has 1 rings (SSSR count). The zero-order chi connectivity index (χ0) is 7.40. The Labute approximate surface area is 56.4 Å². The van der Waals surface area contributed by atoms with Gasteiger partial charge in [0.25, 0.3) is 0 Å². The highest BCUT2D eigenvalue weighted by Gasteiger charge is 2.20. The van der Waals surface area contributed by atoms with Crippen LogP contribution in [0.5, 0.6) is 0 Å². The van der Waals surface area contributed by atoms with Gasteiger partial charge in [0.15, 0.2) is 0 Å². The normalized spacial score (nSPS) is 27.6. The van der Waals surface area contributed by atoms with Gasteiger partial charge in [0.1, 0.15) is 0 Å². The number of azide groups is 2. The van der Waals surface area contributed by atoms with E-state index in [1.165, 1.54) is 0 Å². The van der Waals surface area contributed by atoms with Crippen LogP contribution in [0.1, 0.15) is 0 Å². The highest BCUT2D eigenvalue weighted by molar-refractivity contribution is 5.19. The van der Waals surface area contributed by atoms with E-state index in [1.54, 1.807) is 12.2 Å². The Hall–Kier alpha value is -1.64. The fraction of sp³-hybridized carbons (Fsp3) is 0.500. The largest absolute Gasteiger partial charge is 0.0858 e. The molecule has 0 saturated carbocycles. The SMILES string of the molecule is [N-]=[N+]=N[C@H]1C=C[C@H]1N=[N+]=[N-]. The molecule has 0 aromatic heterocycles. The molecule has 0 fully saturated rings. The molecule has 50 valence electrons. The average molecular weight is 136 g/mol. The van der Waals surface area contributed by atoms with Crippen molar-refractivity contribution in [2.45, 2.75) is 12.1 Å². The lowest BCUT2D eigenvalue weighted by atomic mass is 9.99. The molecule has 0 aromatic rings. The minimum Gasteiger partial charge on any atom is -0.0858 e. The minimum absolute atomic E-state index is 0.277. The molecule has 6 heteroatoms. The molecule has 0 N–H and O–H groups in total. The first-order chi connectivity index (χ1) is 4.88. The Morgan fingerprint density at radius 1 is 1.00 bits per heavy atom. The van der Waals surface area contributed by atoms with Gasteiger partial charge in [-0.2, -0.15) is 0 Å². The molecule has 0 bridgehead atoms. The van der Waals surface area contributed by atoms with Gasteiger partial charge in [0, 0.05) is 9.82 Å². The molecule has 1 aliphatic carbocycles. The van der Waals surface area contributed by atoms with Crippen molar-refractivity contribution in [2.24, 2.45) is 10.2 Å². The highest BCUT2D eigenvalue weighted by atomic mass is 15.2. The fourth-order valence-electron chi connectivity index (χ4n) is 0.643. The van der Waals surface area contributed by atoms with Crippen molar-refractivity contribution in [1.82, 2.24) is 0 Å². The van der Waals surface area contributed by atoms with E-state index >= 15 is 0 Å². The third-order valence-electron chi connectivity index (χ3n) is 1.23. The van der Waals surface area contributed by atoms with Gasteiger partial charge in [-0.05, 0) is 11.1 Å². The van der Waals surface area contributed by atoms with Gasteiger partial charge < -0.3 is 0 Å². The van der Waals surface area contributed by atoms with E-state index in [0.717, 1.165) is 0 Å². The zero-order valence-corrected chi connectivity index (χ0v) is 4.99. The topological polar surface area (TPSA) is 97.5 Å². The van der Waals surface area contributed by atoms with Gasteiger partial charge in [-0.1, -0.05) is 22.4 Å². The molecule has 0 heterocycles. The second kappa shape index (κ2) is 2.77. The van der Waals surface area contributed by atoms with Crippen molar-refractivity contribution in [2.75, 3.05) is 0 Å². The molecule has 1 aliphatic rings. The van der Waals surface area contributed by atoms with Gasteiger partial charge >= 0.3 is 0 Å². The Morgan fingerprint density at radius 3 is 1.60 bits per heavy atom. The summed E-state index contributed by atoms with van der Waals surface area (Å²) in [5.74, 6) is 0. The van der Waals surface area contributed by atoms with Crippen molar-refractivity contribution in [3.8, 4) is 0 Å². The summed E-state index contributed by atoms with van der Waals surface area (Å²) in [4.78, 5) is 5.16. The number of rotatable bonds is 2. The van der Waals surface area contributed by atoms with E-state index < -0.39 is 0 Å². The van der Waals surface area contributed by atoms with Crippen LogP contribution in [-0.4, -0.2) is 12.1 Å². The summed E-state index contributed by atoms with van der Waals surface area (Å²) in [6, 6.07) is -0.554. The number of hydrogen-bond acceptors (Lipinski definition) is 2. The highest BCUT2D eigenvalue weighted by Crippen LogP contribution is 2.17. The third-order valence-corrected chi connectivity index (χ3v) is 1.23. The van der Waals surface area contributed by atoms with Gasteiger partial charge in [0.05, 0.1) is 12.1 Å². The molecule has 0 aliphatic heterocycles. The van der Waals surface area contributed by atoms with E-state index in [4.69, 9.17) is 11.1 Å². The van der Waals surface area contributed by atoms with Gasteiger partial charge in [0.2, 0.25) is 0 Å². The maximum Gasteiger partial charge on any atom is 0.0674 e. The monoisotopic (exact) mass is 136 g/mol. The van der Waals surface area contributed by atoms with E-state index in [-0.39, 0.29) is 12.1 Å². The Kier molecular flexibility index (Phi) is 1.80. The van der Waals surface area contributed by atoms with Crippen LogP contribution in [0, 0.1) is 0 Å². The van der Waals surface area contributed by atoms with Crippen LogP contribution in [0.15, 0.2) is 22.4 Å². The summed E-state index contributed by atoms with van der Waals surface area (Å²) >= 11 is 0. The van der Waals surface area contributed by atoms with Crippen molar-refractivity contribution in [3.05, 3.63) is 33.0 Å². The van der Waals surface area contributed by atoms with Crippen molar-refractivity contribution in [3.63, 3.8) is 0 Å². The molecule has 0 unspecified atom stereocenters. The van der Waals surface area contributed by atoms with Crippen LogP contribution in [0.2, 0.25) is 0 Å². The molecule has 0 radical (unpaired) electrons. The summed E-state index contributed by atoms with van der Waals surface area (Å²) in [5.41, 5.74) is 16.0. The minimum atomic E-state index is -0.277. The van der Waals surface area contributed by atoms with Crippen LogP contribution >= 0.6 is 0 Å². The second-order valence-electron chi connectivity index (χ2n) is 1.78. The van der Waals surface area contributed by atoms with E-state index in [0.29, 0.717) is 0 Å². The zero-order valence-electron chi connectivity index (χ0n) is 4.99. The second-order valence-corrected chi connectivity index (χ2v) is 1.78. The number of hydrogen-bond donors (Lipinski definition) is 0. The molecule has 2 atom stereocenters. The third kappa shape index (κ3) is 1.02. The molecular weight excluding hydrogens is 132 g/mol. The van der Waals surface area contributed by atoms with Crippen molar-refractivity contribution < 1.29 is 0 Å². The maximum absolute atomic E-state index is 7.98. The lowest BCUT2D eigenvalue weighted by Crippen LogP contribution is -2.25. The lowest BCUT2D eigenvalue weighted by molar-refractivity contribution is 0.642. The molecule has 0 spiro atoms. The van der Waals surface area contributed by atoms with Crippen LogP contribution < -0.4 is 0 Å². The fourth-order valence-corrected chi connectivity index (χ4v) is 0.643. The van der Waals surface area contributed by atoms with E-state index in [9.17, 15) is 0 Å². The first-order valence-electron chi connectivity index (χ1n) is 2.65. The van der Waals surface area contributed by atoms with E-state index in [1.807, 2.05) is 0 Å². The Balaban J connectivity index is 2.62. The summed E-state index contributed by atoms with van der Waals surface area (Å²) in [6.45, 7) is 0. The Bertz CT molecular complexity index is 216. The van der Waals surface area contributed by atoms with Crippen LogP contribution in [-0.2, 0) is 0 Å². The van der Waals surface area contributed by atoms with Crippen LogP contribution in [0.4, 0.5) is 0 Å². The van der Waals surface area contributed by atoms with Gasteiger partial charge in [-0.25, -0.2) is 0 Å². The molecule has 0 aromatic carbocycles. The molecular formula is C4H4N6. The summed E-state index contributed by atoms with van der Waals surface area (Å²) in [5, 5.41) is 6.72. The van der Waals surface area contributed by atoms with E-state index in [2.05, 4.69) is 20.1 Å². The predicted octanol–water partition coefficient (Wildman–Crippen LogP) is 1.91. The van der Waals surface area contributed by atoms with Crippen molar-refractivity contribution in [1.29, 1.82) is 0 Å². The molecule has 10 heavy (non-hydrogen) atoms. The predicted molar refractivity (Wildman–Crippen MR) is 35.0 cm³/mol. The summed E-state index contributed by atoms with van der Waals surface area (Å²) < 4.78 is 0. The first kappa shape index (κ1) is 6.48. The van der Waals surface area contributed by atoms with Crippen LogP contribution in [0.3, 0.4) is 0 Å². The number of nitrogens with zero attached hydrogens (tertiary/aromatic N) is 6. The Morgan fingerprint density at radius 2 is 1.40 bits per heavy atom. The smallest absolute Gasteiger partial charge is 0.0674 e. The summed E-state index contributed by atoms with van der Waals surface area (Å²) in [7, 11) is 0. The summed E-state index contributed by atoms with van der Waals surface area (Å²) in [6.07, 6.45) is 3.39. The standard InChI is InChI=1S/C4H4N6/c5-9-7-3-1-2-4(3)8-10-6/h1-4H/t3-,4+. The molecule has 0 amide bonds. The van der Waals surface area contributed by atoms with Crippen LogP contribution in [0.25, 0.3) is 20.9 Å². The van der Waals surface area contributed by atoms with Gasteiger partial charge in [-0.3, -0.25) is 0 Å². The molecule has 0 saturated heterocycles. The maximum atomic E-state index is 7.98. The first-order valence-corrected chi connectivity index (χ1v) is 2.65. The lowest BCUT2D eigenvalue weighted by Gasteiger charge is -2.19. The quantitative estimate of drug-likeness (QED) is 0.240.